The van der Waals surface area contributed by atoms with Gasteiger partial charge in [-0.25, -0.2) is 8.78 Å². The van der Waals surface area contributed by atoms with Crippen LogP contribution >= 0.6 is 15.9 Å². The lowest BCUT2D eigenvalue weighted by Crippen LogP contribution is -2.35. The second kappa shape index (κ2) is 6.12. The first-order valence-corrected chi connectivity index (χ1v) is 7.27. The van der Waals surface area contributed by atoms with E-state index in [1.54, 1.807) is 0 Å². The molecule has 2 aromatic rings. The number of hydrogen-bond donors (Lipinski definition) is 2. The Balaban J connectivity index is 2.13. The number of aromatic hydroxyl groups is 1. The molecule has 2 aromatic carbocycles. The molecule has 2 nitrogen and oxygen atoms in total. The Morgan fingerprint density at radius 2 is 1.62 bits per heavy atom. The van der Waals surface area contributed by atoms with Crippen LogP contribution in [0.2, 0.25) is 0 Å². The van der Waals surface area contributed by atoms with Crippen LogP contribution in [0.3, 0.4) is 0 Å². The summed E-state index contributed by atoms with van der Waals surface area (Å²) in [5.74, 6) is -2.84. The lowest BCUT2D eigenvalue weighted by atomic mass is 9.94. The highest BCUT2D eigenvalue weighted by molar-refractivity contribution is 9.10. The van der Waals surface area contributed by atoms with E-state index in [0.29, 0.717) is 5.56 Å². The zero-order chi connectivity index (χ0) is 15.6. The van der Waals surface area contributed by atoms with Gasteiger partial charge in [-0.2, -0.15) is 0 Å². The number of rotatable bonds is 4. The van der Waals surface area contributed by atoms with Gasteiger partial charge in [0.1, 0.15) is 0 Å². The van der Waals surface area contributed by atoms with E-state index in [1.165, 1.54) is 0 Å². The van der Waals surface area contributed by atoms with E-state index in [0.717, 1.165) is 22.2 Å². The highest BCUT2D eigenvalue weighted by Crippen LogP contribution is 2.24. The average Bonchev–Trinajstić information content (AvgIpc) is 2.43. The number of halogens is 3. The molecular weight excluding hydrogens is 340 g/mol. The van der Waals surface area contributed by atoms with Gasteiger partial charge in [-0.1, -0.05) is 28.1 Å². The number of benzene rings is 2. The molecule has 2 rings (SSSR count). The maximum absolute atomic E-state index is 13.3. The third-order valence-corrected chi connectivity index (χ3v) is 3.91. The lowest BCUT2D eigenvalue weighted by Gasteiger charge is -2.27. The standard InChI is InChI=1S/C16H16BrF2NO/c1-16(2,11-3-5-12(17)6-4-11)20-9-10-7-13(18)15(21)14(19)8-10/h3-8,20-21H,9H2,1-2H3. The molecule has 0 heterocycles. The molecule has 0 fully saturated rings. The molecule has 0 saturated carbocycles. The zero-order valence-corrected chi connectivity index (χ0v) is 13.3. The maximum Gasteiger partial charge on any atom is 0.187 e. The fraction of sp³-hybridized carbons (Fsp3) is 0.250. The van der Waals surface area contributed by atoms with E-state index >= 15 is 0 Å². The summed E-state index contributed by atoms with van der Waals surface area (Å²) in [7, 11) is 0. The van der Waals surface area contributed by atoms with Gasteiger partial charge in [0.2, 0.25) is 0 Å². The zero-order valence-electron chi connectivity index (χ0n) is 11.8. The van der Waals surface area contributed by atoms with Crippen LogP contribution in [-0.2, 0) is 12.1 Å². The average molecular weight is 356 g/mol. The van der Waals surface area contributed by atoms with E-state index in [1.807, 2.05) is 38.1 Å². The molecule has 0 unspecified atom stereocenters. The molecule has 2 N–H and O–H groups in total. The van der Waals surface area contributed by atoms with Gasteiger partial charge in [-0.15, -0.1) is 0 Å². The van der Waals surface area contributed by atoms with Crippen LogP contribution in [0, 0.1) is 11.6 Å². The summed E-state index contributed by atoms with van der Waals surface area (Å²) >= 11 is 3.38. The third kappa shape index (κ3) is 3.80. The molecule has 0 aliphatic carbocycles. The molecule has 0 aliphatic rings. The van der Waals surface area contributed by atoms with Crippen LogP contribution in [0.4, 0.5) is 8.78 Å². The summed E-state index contributed by atoms with van der Waals surface area (Å²) < 4.78 is 27.6. The van der Waals surface area contributed by atoms with Crippen molar-refractivity contribution in [3.05, 3.63) is 63.6 Å². The fourth-order valence-electron chi connectivity index (χ4n) is 2.01. The van der Waals surface area contributed by atoms with Gasteiger partial charge in [0.05, 0.1) is 0 Å². The van der Waals surface area contributed by atoms with Crippen molar-refractivity contribution in [2.45, 2.75) is 25.9 Å². The van der Waals surface area contributed by atoms with E-state index in [-0.39, 0.29) is 12.1 Å². The normalized spacial score (nSPS) is 11.7. The maximum atomic E-state index is 13.3. The molecule has 0 aliphatic heterocycles. The van der Waals surface area contributed by atoms with Crippen molar-refractivity contribution in [1.82, 2.24) is 5.32 Å². The first-order chi connectivity index (χ1) is 9.79. The minimum absolute atomic E-state index is 0.289. The molecule has 0 saturated heterocycles. The quantitative estimate of drug-likeness (QED) is 0.848. The summed E-state index contributed by atoms with van der Waals surface area (Å²) in [5.41, 5.74) is 1.14. The molecule has 0 spiro atoms. The van der Waals surface area contributed by atoms with Crippen molar-refractivity contribution < 1.29 is 13.9 Å². The van der Waals surface area contributed by atoms with Crippen molar-refractivity contribution >= 4 is 15.9 Å². The summed E-state index contributed by atoms with van der Waals surface area (Å²) in [6.45, 7) is 4.27. The number of nitrogens with one attached hydrogen (secondary N) is 1. The monoisotopic (exact) mass is 355 g/mol. The van der Waals surface area contributed by atoms with Crippen molar-refractivity contribution in [2.24, 2.45) is 0 Å². The van der Waals surface area contributed by atoms with Crippen molar-refractivity contribution in [1.29, 1.82) is 0 Å². The van der Waals surface area contributed by atoms with E-state index in [4.69, 9.17) is 5.11 Å². The van der Waals surface area contributed by atoms with Gasteiger partial charge in [-0.3, -0.25) is 0 Å². The van der Waals surface area contributed by atoms with E-state index < -0.39 is 17.4 Å². The van der Waals surface area contributed by atoms with E-state index in [2.05, 4.69) is 21.2 Å². The molecule has 5 heteroatoms. The Morgan fingerprint density at radius 1 is 1.10 bits per heavy atom. The largest absolute Gasteiger partial charge is 0.503 e. The first-order valence-electron chi connectivity index (χ1n) is 6.47. The van der Waals surface area contributed by atoms with Gasteiger partial charge in [0.25, 0.3) is 0 Å². The Kier molecular flexibility index (Phi) is 4.64. The molecule has 21 heavy (non-hydrogen) atoms. The molecule has 0 aromatic heterocycles. The van der Waals surface area contributed by atoms with Crippen LogP contribution in [0.5, 0.6) is 5.75 Å². The van der Waals surface area contributed by atoms with Crippen molar-refractivity contribution in [3.63, 3.8) is 0 Å². The Morgan fingerprint density at radius 3 is 2.14 bits per heavy atom. The molecule has 0 bridgehead atoms. The van der Waals surface area contributed by atoms with Crippen LogP contribution in [0.25, 0.3) is 0 Å². The summed E-state index contributed by atoms with van der Waals surface area (Å²) in [4.78, 5) is 0. The Hall–Kier alpha value is -1.46. The SMILES string of the molecule is CC(C)(NCc1cc(F)c(O)c(F)c1)c1ccc(Br)cc1. The van der Waals surface area contributed by atoms with Crippen LogP contribution in [0.15, 0.2) is 40.9 Å². The summed E-state index contributed by atoms with van der Waals surface area (Å²) in [6.07, 6.45) is 0. The van der Waals surface area contributed by atoms with E-state index in [9.17, 15) is 8.78 Å². The third-order valence-electron chi connectivity index (χ3n) is 3.38. The number of phenolic OH excluding ortho intramolecular Hbond substituents is 1. The minimum atomic E-state index is -0.951. The molecule has 112 valence electrons. The number of phenols is 1. The second-order valence-electron chi connectivity index (χ2n) is 5.39. The predicted octanol–water partition coefficient (Wildman–Crippen LogP) is 4.46. The van der Waals surface area contributed by atoms with Gasteiger partial charge >= 0.3 is 0 Å². The highest BCUT2D eigenvalue weighted by atomic mass is 79.9. The molecule has 0 amide bonds. The topological polar surface area (TPSA) is 32.3 Å². The highest BCUT2D eigenvalue weighted by Gasteiger charge is 2.20. The van der Waals surface area contributed by atoms with Crippen LogP contribution < -0.4 is 5.32 Å². The first kappa shape index (κ1) is 15.9. The van der Waals surface area contributed by atoms with Crippen LogP contribution in [0.1, 0.15) is 25.0 Å². The van der Waals surface area contributed by atoms with Gasteiger partial charge in [0, 0.05) is 16.6 Å². The Labute approximate surface area is 130 Å². The number of hydrogen-bond acceptors (Lipinski definition) is 2. The van der Waals surface area contributed by atoms with Gasteiger partial charge in [0.15, 0.2) is 17.4 Å². The Bertz CT molecular complexity index is 618. The summed E-state index contributed by atoms with van der Waals surface area (Å²) in [5, 5.41) is 12.3. The van der Waals surface area contributed by atoms with Gasteiger partial charge < -0.3 is 10.4 Å². The van der Waals surface area contributed by atoms with Crippen molar-refractivity contribution in [3.8, 4) is 5.75 Å². The fourth-order valence-corrected chi connectivity index (χ4v) is 2.28. The van der Waals surface area contributed by atoms with Crippen molar-refractivity contribution in [2.75, 3.05) is 0 Å². The molecule has 0 atom stereocenters. The minimum Gasteiger partial charge on any atom is -0.503 e. The smallest absolute Gasteiger partial charge is 0.187 e. The molecule has 0 radical (unpaired) electrons. The second-order valence-corrected chi connectivity index (χ2v) is 6.31. The molecular formula is C16H16BrF2NO. The van der Waals surface area contributed by atoms with Gasteiger partial charge in [-0.05, 0) is 49.2 Å². The summed E-state index contributed by atoms with van der Waals surface area (Å²) in [6, 6.07) is 10.1. The predicted molar refractivity (Wildman–Crippen MR) is 82.0 cm³/mol. The lowest BCUT2D eigenvalue weighted by molar-refractivity contribution is 0.386. The van der Waals surface area contributed by atoms with Crippen LogP contribution in [-0.4, -0.2) is 5.11 Å².